The van der Waals surface area contributed by atoms with Crippen LogP contribution >= 0.6 is 12.2 Å². The third-order valence-electron chi connectivity index (χ3n) is 3.19. The van der Waals surface area contributed by atoms with Gasteiger partial charge in [0.1, 0.15) is 5.75 Å². The Morgan fingerprint density at radius 3 is 2.70 bits per heavy atom. The Kier molecular flexibility index (Phi) is 5.92. The molecule has 7 heteroatoms. The number of carbonyl (C=O) groups excluding carboxylic acids is 1. The van der Waals surface area contributed by atoms with E-state index in [4.69, 9.17) is 17.0 Å². The molecule has 1 heterocycles. The molecule has 0 unspecified atom stereocenters. The van der Waals surface area contributed by atoms with Crippen molar-refractivity contribution in [2.45, 2.75) is 39.8 Å². The maximum Gasteiger partial charge on any atom is 0.221 e. The van der Waals surface area contributed by atoms with Gasteiger partial charge in [-0.15, -0.1) is 0 Å². The van der Waals surface area contributed by atoms with Crippen LogP contribution in [0.15, 0.2) is 24.3 Å². The van der Waals surface area contributed by atoms with Gasteiger partial charge in [-0.05, 0) is 57.3 Å². The predicted molar refractivity (Wildman–Crippen MR) is 91.9 cm³/mol. The molecule has 1 aromatic heterocycles. The Bertz CT molecular complexity index is 704. The zero-order valence-corrected chi connectivity index (χ0v) is 14.4. The van der Waals surface area contributed by atoms with Gasteiger partial charge in [-0.25, -0.2) is 0 Å². The van der Waals surface area contributed by atoms with E-state index >= 15 is 0 Å². The number of ether oxygens (including phenoxy) is 1. The standard InChI is InChI=1S/C16H22N4O2S/c1-4-22-13-7-5-12(6-8-13)15-18-19-16(23)20(15)10-9-14(21)17-11(2)3/h5-8,11H,4,9-10H2,1-3H3,(H,17,21)(H,19,23). The van der Waals surface area contributed by atoms with Crippen LogP contribution in [0.3, 0.4) is 0 Å². The van der Waals surface area contributed by atoms with E-state index in [0.717, 1.165) is 17.1 Å². The second kappa shape index (κ2) is 7.92. The maximum atomic E-state index is 11.8. The third-order valence-corrected chi connectivity index (χ3v) is 3.51. The molecule has 0 saturated heterocycles. The molecule has 1 amide bonds. The van der Waals surface area contributed by atoms with Gasteiger partial charge in [0.15, 0.2) is 10.6 Å². The van der Waals surface area contributed by atoms with E-state index in [0.29, 0.717) is 24.3 Å². The fourth-order valence-corrected chi connectivity index (χ4v) is 2.44. The zero-order valence-electron chi connectivity index (χ0n) is 13.6. The number of aromatic amines is 1. The molecule has 2 aromatic rings. The smallest absolute Gasteiger partial charge is 0.221 e. The molecule has 0 aliphatic heterocycles. The molecular weight excluding hydrogens is 312 g/mol. The van der Waals surface area contributed by atoms with Crippen LogP contribution in [0.4, 0.5) is 0 Å². The van der Waals surface area contributed by atoms with Gasteiger partial charge in [0.05, 0.1) is 6.61 Å². The number of nitrogens with one attached hydrogen (secondary N) is 2. The summed E-state index contributed by atoms with van der Waals surface area (Å²) in [4.78, 5) is 11.8. The van der Waals surface area contributed by atoms with Crippen LogP contribution in [-0.4, -0.2) is 33.3 Å². The molecule has 0 aliphatic rings. The van der Waals surface area contributed by atoms with Crippen molar-refractivity contribution < 1.29 is 9.53 Å². The highest BCUT2D eigenvalue weighted by molar-refractivity contribution is 7.71. The monoisotopic (exact) mass is 334 g/mol. The van der Waals surface area contributed by atoms with Crippen molar-refractivity contribution in [3.8, 4) is 17.1 Å². The molecule has 1 aromatic carbocycles. The largest absolute Gasteiger partial charge is 0.494 e. The molecule has 6 nitrogen and oxygen atoms in total. The number of carbonyl (C=O) groups is 1. The first-order valence-electron chi connectivity index (χ1n) is 7.69. The van der Waals surface area contributed by atoms with Crippen LogP contribution < -0.4 is 10.1 Å². The van der Waals surface area contributed by atoms with Gasteiger partial charge in [-0.2, -0.15) is 5.10 Å². The second-order valence-electron chi connectivity index (χ2n) is 5.43. The average molecular weight is 334 g/mol. The highest BCUT2D eigenvalue weighted by Gasteiger charge is 2.11. The SMILES string of the molecule is CCOc1ccc(-c2n[nH]c(=S)n2CCC(=O)NC(C)C)cc1. The maximum absolute atomic E-state index is 11.8. The molecule has 124 valence electrons. The summed E-state index contributed by atoms with van der Waals surface area (Å²) in [6.45, 7) is 6.93. The third kappa shape index (κ3) is 4.66. The first-order chi connectivity index (χ1) is 11.0. The first kappa shape index (κ1) is 17.2. The van der Waals surface area contributed by atoms with Crippen LogP contribution in [0.1, 0.15) is 27.2 Å². The fourth-order valence-electron chi connectivity index (χ4n) is 2.22. The van der Waals surface area contributed by atoms with Gasteiger partial charge < -0.3 is 10.1 Å². The van der Waals surface area contributed by atoms with E-state index in [-0.39, 0.29) is 11.9 Å². The molecule has 2 rings (SSSR count). The Morgan fingerprint density at radius 2 is 2.09 bits per heavy atom. The van der Waals surface area contributed by atoms with Gasteiger partial charge >= 0.3 is 0 Å². The number of nitrogens with zero attached hydrogens (tertiary/aromatic N) is 2. The van der Waals surface area contributed by atoms with E-state index < -0.39 is 0 Å². The van der Waals surface area contributed by atoms with Crippen LogP contribution in [-0.2, 0) is 11.3 Å². The molecule has 2 N–H and O–H groups in total. The first-order valence-corrected chi connectivity index (χ1v) is 8.10. The molecule has 0 fully saturated rings. The van der Waals surface area contributed by atoms with Crippen molar-refractivity contribution >= 4 is 18.1 Å². The molecule has 0 aliphatic carbocycles. The second-order valence-corrected chi connectivity index (χ2v) is 5.82. The Balaban J connectivity index is 2.14. The quantitative estimate of drug-likeness (QED) is 0.764. The molecule has 0 spiro atoms. The summed E-state index contributed by atoms with van der Waals surface area (Å²) < 4.78 is 7.78. The summed E-state index contributed by atoms with van der Waals surface area (Å²) in [6, 6.07) is 7.78. The minimum absolute atomic E-state index is 0.000689. The molecule has 0 atom stereocenters. The molecule has 0 saturated carbocycles. The highest BCUT2D eigenvalue weighted by Crippen LogP contribution is 2.21. The van der Waals surface area contributed by atoms with E-state index in [1.54, 1.807) is 0 Å². The van der Waals surface area contributed by atoms with Crippen LogP contribution in [0.2, 0.25) is 0 Å². The van der Waals surface area contributed by atoms with Crippen LogP contribution in [0.25, 0.3) is 11.4 Å². The Labute approximate surface area is 140 Å². The van der Waals surface area contributed by atoms with Gasteiger partial charge in [0.2, 0.25) is 5.91 Å². The minimum Gasteiger partial charge on any atom is -0.494 e. The van der Waals surface area contributed by atoms with Gasteiger partial charge in [-0.3, -0.25) is 14.5 Å². The number of aromatic nitrogens is 3. The fraction of sp³-hybridized carbons (Fsp3) is 0.438. The molecule has 23 heavy (non-hydrogen) atoms. The Morgan fingerprint density at radius 1 is 1.39 bits per heavy atom. The number of hydrogen-bond donors (Lipinski definition) is 2. The van der Waals surface area contributed by atoms with E-state index in [2.05, 4.69) is 15.5 Å². The lowest BCUT2D eigenvalue weighted by Crippen LogP contribution is -2.30. The normalized spacial score (nSPS) is 10.8. The topological polar surface area (TPSA) is 71.9 Å². The number of rotatable bonds is 7. The highest BCUT2D eigenvalue weighted by atomic mass is 32.1. The van der Waals surface area contributed by atoms with Crippen molar-refractivity contribution in [2.75, 3.05) is 6.61 Å². The molecular formula is C16H22N4O2S. The summed E-state index contributed by atoms with van der Waals surface area (Å²) in [6.07, 6.45) is 0.357. The molecule has 0 radical (unpaired) electrons. The number of H-pyrrole nitrogens is 1. The van der Waals surface area contributed by atoms with E-state index in [9.17, 15) is 4.79 Å². The van der Waals surface area contributed by atoms with Crippen molar-refractivity contribution in [1.29, 1.82) is 0 Å². The van der Waals surface area contributed by atoms with Crippen molar-refractivity contribution in [2.24, 2.45) is 0 Å². The Hall–Kier alpha value is -2.15. The summed E-state index contributed by atoms with van der Waals surface area (Å²) in [5.41, 5.74) is 0.921. The van der Waals surface area contributed by atoms with E-state index in [1.165, 1.54) is 0 Å². The number of hydrogen-bond acceptors (Lipinski definition) is 4. The lowest BCUT2D eigenvalue weighted by molar-refractivity contribution is -0.121. The van der Waals surface area contributed by atoms with Crippen molar-refractivity contribution in [3.63, 3.8) is 0 Å². The lowest BCUT2D eigenvalue weighted by atomic mass is 10.2. The van der Waals surface area contributed by atoms with Gasteiger partial charge in [0.25, 0.3) is 0 Å². The van der Waals surface area contributed by atoms with Crippen LogP contribution in [0.5, 0.6) is 5.75 Å². The van der Waals surface area contributed by atoms with Crippen molar-refractivity contribution in [3.05, 3.63) is 29.0 Å². The summed E-state index contributed by atoms with van der Waals surface area (Å²) in [5.74, 6) is 1.53. The molecule has 0 bridgehead atoms. The number of amides is 1. The predicted octanol–water partition coefficient (Wildman–Crippen LogP) is 2.92. The van der Waals surface area contributed by atoms with Gasteiger partial charge in [-0.1, -0.05) is 0 Å². The average Bonchev–Trinajstić information content (AvgIpc) is 2.87. The van der Waals surface area contributed by atoms with E-state index in [1.807, 2.05) is 49.6 Å². The minimum atomic E-state index is 0.000689. The lowest BCUT2D eigenvalue weighted by Gasteiger charge is -2.10. The van der Waals surface area contributed by atoms with Crippen molar-refractivity contribution in [1.82, 2.24) is 20.1 Å². The number of benzene rings is 1. The van der Waals surface area contributed by atoms with Crippen LogP contribution in [0, 0.1) is 4.77 Å². The van der Waals surface area contributed by atoms with Gasteiger partial charge in [0, 0.05) is 24.6 Å². The summed E-state index contributed by atoms with van der Waals surface area (Å²) >= 11 is 5.27. The summed E-state index contributed by atoms with van der Waals surface area (Å²) in [7, 11) is 0. The zero-order chi connectivity index (χ0) is 16.8. The summed E-state index contributed by atoms with van der Waals surface area (Å²) in [5, 5.41) is 9.94.